The fourth-order valence-corrected chi connectivity index (χ4v) is 4.84. The summed E-state index contributed by atoms with van der Waals surface area (Å²) in [6.07, 6.45) is 8.80. The molecule has 6 rings (SSSR count). The highest BCUT2D eigenvalue weighted by atomic mass is 19.3. The van der Waals surface area contributed by atoms with E-state index in [9.17, 15) is 8.78 Å². The van der Waals surface area contributed by atoms with Gasteiger partial charge in [0.25, 0.3) is 5.92 Å². The van der Waals surface area contributed by atoms with Crippen molar-refractivity contribution in [3.8, 4) is 11.3 Å². The summed E-state index contributed by atoms with van der Waals surface area (Å²) >= 11 is 0. The number of fused-ring (bicyclic) bond motifs is 3. The van der Waals surface area contributed by atoms with E-state index in [0.29, 0.717) is 30.3 Å². The number of nitrogens with zero attached hydrogens (tertiary/aromatic N) is 8. The summed E-state index contributed by atoms with van der Waals surface area (Å²) in [7, 11) is 1.83. The maximum Gasteiger partial charge on any atom is 0.257 e. The van der Waals surface area contributed by atoms with Crippen LogP contribution in [0.4, 0.5) is 20.5 Å². The molecule has 0 saturated heterocycles. The fraction of sp³-hybridized carbons (Fsp3) is 0.348. The van der Waals surface area contributed by atoms with E-state index in [-0.39, 0.29) is 0 Å². The molecule has 0 amide bonds. The highest BCUT2D eigenvalue weighted by Crippen LogP contribution is 2.53. The molecule has 174 valence electrons. The van der Waals surface area contributed by atoms with Crippen molar-refractivity contribution in [1.82, 2.24) is 38.7 Å². The first kappa shape index (κ1) is 20.7. The van der Waals surface area contributed by atoms with Gasteiger partial charge in [-0.25, -0.2) is 18.7 Å². The lowest BCUT2D eigenvalue weighted by Crippen LogP contribution is -2.50. The molecule has 5 aromatic heterocycles. The molecule has 0 spiro atoms. The molecule has 1 N–H and O–H groups in total. The Labute approximate surface area is 193 Å². The molecule has 0 bridgehead atoms. The summed E-state index contributed by atoms with van der Waals surface area (Å²) in [5.41, 5.74) is 2.42. The summed E-state index contributed by atoms with van der Waals surface area (Å²) < 4.78 is 34.8. The average molecular weight is 463 g/mol. The van der Waals surface area contributed by atoms with E-state index in [1.54, 1.807) is 21.5 Å². The number of hydrogen-bond donors (Lipinski definition) is 1. The Bertz CT molecular complexity index is 1540. The van der Waals surface area contributed by atoms with Gasteiger partial charge in [0, 0.05) is 49.9 Å². The number of alkyl halides is 2. The number of anilines is 2. The third-order valence-corrected chi connectivity index (χ3v) is 6.91. The molecule has 0 aromatic carbocycles. The Balaban J connectivity index is 1.45. The molecular weight excluding hydrogens is 440 g/mol. The predicted molar refractivity (Wildman–Crippen MR) is 122 cm³/mol. The summed E-state index contributed by atoms with van der Waals surface area (Å²) in [4.78, 5) is 8.94. The molecule has 11 heteroatoms. The van der Waals surface area contributed by atoms with Crippen LogP contribution in [0.15, 0.2) is 43.0 Å². The van der Waals surface area contributed by atoms with E-state index in [0.717, 1.165) is 41.6 Å². The third kappa shape index (κ3) is 2.92. The molecule has 1 aliphatic rings. The van der Waals surface area contributed by atoms with Crippen LogP contribution >= 0.6 is 0 Å². The maximum atomic E-state index is 14.7. The second-order valence-corrected chi connectivity index (χ2v) is 9.03. The van der Waals surface area contributed by atoms with Crippen LogP contribution in [0.2, 0.25) is 0 Å². The second kappa shape index (κ2) is 7.05. The zero-order valence-corrected chi connectivity index (χ0v) is 19.0. The van der Waals surface area contributed by atoms with Gasteiger partial charge in [-0.1, -0.05) is 6.42 Å². The molecule has 5 heterocycles. The van der Waals surface area contributed by atoms with Gasteiger partial charge >= 0.3 is 0 Å². The summed E-state index contributed by atoms with van der Waals surface area (Å²) in [5.74, 6) is -1.32. The molecule has 1 saturated carbocycles. The van der Waals surface area contributed by atoms with E-state index >= 15 is 0 Å². The van der Waals surface area contributed by atoms with Crippen molar-refractivity contribution in [3.63, 3.8) is 0 Å². The standard InChI is InChI=1S/C23H23F2N9/c1-14-12-33-13-15(16-5-9-26-21(28-16)29-18-6-10-27-32(18)3)11-17(33)19-30-31-20(34(14)19)23(7-4-8-23)22(2,24)25/h5-6,9-13H,4,7-8H2,1-3H3,(H,26,28,29). The van der Waals surface area contributed by atoms with E-state index in [2.05, 4.69) is 30.6 Å². The van der Waals surface area contributed by atoms with Crippen molar-refractivity contribution in [2.24, 2.45) is 7.05 Å². The minimum absolute atomic E-state index is 0.341. The van der Waals surface area contributed by atoms with Gasteiger partial charge < -0.3 is 9.72 Å². The third-order valence-electron chi connectivity index (χ3n) is 6.91. The molecule has 9 nitrogen and oxygen atoms in total. The first-order valence-electron chi connectivity index (χ1n) is 11.1. The zero-order valence-electron chi connectivity index (χ0n) is 19.0. The first-order chi connectivity index (χ1) is 16.3. The van der Waals surface area contributed by atoms with Crippen molar-refractivity contribution in [2.45, 2.75) is 44.4 Å². The number of aryl methyl sites for hydroxylation is 2. The van der Waals surface area contributed by atoms with Gasteiger partial charge in [-0.15, -0.1) is 10.2 Å². The van der Waals surface area contributed by atoms with Gasteiger partial charge in [0.2, 0.25) is 5.95 Å². The highest BCUT2D eigenvalue weighted by Gasteiger charge is 2.58. The molecule has 34 heavy (non-hydrogen) atoms. The number of nitrogens with one attached hydrogen (secondary N) is 1. The first-order valence-corrected chi connectivity index (χ1v) is 11.1. The predicted octanol–water partition coefficient (Wildman–Crippen LogP) is 4.30. The molecule has 5 aromatic rings. The van der Waals surface area contributed by atoms with Crippen molar-refractivity contribution < 1.29 is 8.78 Å². The summed E-state index contributed by atoms with van der Waals surface area (Å²) in [6.45, 7) is 2.88. The SMILES string of the molecule is Cc1cn2cc(-c3ccnc(Nc4ccnn4C)n3)cc2c2nnc(C3(C(C)(F)F)CCC3)n12. The average Bonchev–Trinajstić information content (AvgIpc) is 3.46. The second-order valence-electron chi connectivity index (χ2n) is 9.03. The molecular formula is C23H23F2N9. The Kier molecular flexibility index (Phi) is 4.29. The number of hydrogen-bond acceptors (Lipinski definition) is 6. The van der Waals surface area contributed by atoms with Gasteiger partial charge in [-0.3, -0.25) is 9.08 Å². The Morgan fingerprint density at radius 1 is 1.12 bits per heavy atom. The van der Waals surface area contributed by atoms with Crippen LogP contribution in [-0.4, -0.2) is 44.7 Å². The van der Waals surface area contributed by atoms with Crippen molar-refractivity contribution in [3.05, 3.63) is 54.5 Å². The monoisotopic (exact) mass is 463 g/mol. The lowest BCUT2D eigenvalue weighted by atomic mass is 9.64. The Morgan fingerprint density at radius 3 is 2.62 bits per heavy atom. The molecule has 0 radical (unpaired) electrons. The summed E-state index contributed by atoms with van der Waals surface area (Å²) in [5, 5.41) is 15.9. The molecule has 1 aliphatic carbocycles. The van der Waals surface area contributed by atoms with Crippen molar-refractivity contribution in [1.29, 1.82) is 0 Å². The lowest BCUT2D eigenvalue weighted by molar-refractivity contribution is -0.101. The minimum Gasteiger partial charge on any atom is -0.318 e. The minimum atomic E-state index is -2.88. The molecule has 0 atom stereocenters. The van der Waals surface area contributed by atoms with Gasteiger partial charge in [0.15, 0.2) is 5.65 Å². The topological polar surface area (TPSA) is 90.2 Å². The van der Waals surface area contributed by atoms with Crippen LogP contribution in [0.3, 0.4) is 0 Å². The molecule has 0 unspecified atom stereocenters. The fourth-order valence-electron chi connectivity index (χ4n) is 4.84. The summed E-state index contributed by atoms with van der Waals surface area (Å²) in [6, 6.07) is 5.60. The lowest BCUT2D eigenvalue weighted by Gasteiger charge is -2.44. The smallest absolute Gasteiger partial charge is 0.257 e. The van der Waals surface area contributed by atoms with Crippen LogP contribution in [-0.2, 0) is 12.5 Å². The van der Waals surface area contributed by atoms with E-state index < -0.39 is 11.3 Å². The largest absolute Gasteiger partial charge is 0.318 e. The normalized spacial score (nSPS) is 15.7. The number of halogens is 2. The van der Waals surface area contributed by atoms with E-state index in [1.165, 1.54) is 0 Å². The molecule has 1 fully saturated rings. The van der Waals surface area contributed by atoms with Crippen LogP contribution in [0.1, 0.15) is 37.7 Å². The van der Waals surface area contributed by atoms with E-state index in [4.69, 9.17) is 0 Å². The van der Waals surface area contributed by atoms with Gasteiger partial charge in [-0.05, 0) is 31.9 Å². The van der Waals surface area contributed by atoms with Gasteiger partial charge in [-0.2, -0.15) is 5.10 Å². The quantitative estimate of drug-likeness (QED) is 0.418. The molecule has 0 aliphatic heterocycles. The Hall–Kier alpha value is -3.89. The van der Waals surface area contributed by atoms with Crippen LogP contribution in [0, 0.1) is 6.92 Å². The van der Waals surface area contributed by atoms with E-state index in [1.807, 2.05) is 49.0 Å². The number of aromatic nitrogens is 8. The number of rotatable bonds is 5. The van der Waals surface area contributed by atoms with Crippen molar-refractivity contribution in [2.75, 3.05) is 5.32 Å². The van der Waals surface area contributed by atoms with Gasteiger partial charge in [0.1, 0.15) is 11.6 Å². The van der Waals surface area contributed by atoms with Crippen molar-refractivity contribution >= 4 is 22.9 Å². The maximum absolute atomic E-state index is 14.7. The van der Waals surface area contributed by atoms with Crippen LogP contribution in [0.25, 0.3) is 22.4 Å². The van der Waals surface area contributed by atoms with Crippen LogP contribution in [0.5, 0.6) is 0 Å². The van der Waals surface area contributed by atoms with Gasteiger partial charge in [0.05, 0.1) is 22.8 Å². The zero-order chi connectivity index (χ0) is 23.7. The Morgan fingerprint density at radius 2 is 1.94 bits per heavy atom. The van der Waals surface area contributed by atoms with Crippen LogP contribution < -0.4 is 5.32 Å². The highest BCUT2D eigenvalue weighted by molar-refractivity contribution is 5.79.